The number of aromatic amines is 1. The quantitative estimate of drug-likeness (QED) is 0.558. The van der Waals surface area contributed by atoms with Crippen molar-refractivity contribution in [3.8, 4) is 17.1 Å². The highest BCUT2D eigenvalue weighted by Crippen LogP contribution is 2.25. The van der Waals surface area contributed by atoms with Gasteiger partial charge in [-0.1, -0.05) is 12.1 Å². The van der Waals surface area contributed by atoms with E-state index in [1.807, 2.05) is 0 Å². The third-order valence-corrected chi connectivity index (χ3v) is 3.22. The zero-order chi connectivity index (χ0) is 14.4. The molecule has 0 saturated heterocycles. The summed E-state index contributed by atoms with van der Waals surface area (Å²) < 4.78 is 5.43. The van der Waals surface area contributed by atoms with Gasteiger partial charge in [0.05, 0.1) is 5.39 Å². The molecule has 0 fully saturated rings. The molecule has 4 aromatic rings. The van der Waals surface area contributed by atoms with Gasteiger partial charge in [-0.15, -0.1) is 0 Å². The SMILES string of the molecule is O=c1[nH]c(-c2cccc(O)c2)nc2c1oc1ncccc12. The van der Waals surface area contributed by atoms with E-state index in [0.29, 0.717) is 28.0 Å². The van der Waals surface area contributed by atoms with Crippen LogP contribution in [0.5, 0.6) is 5.75 Å². The summed E-state index contributed by atoms with van der Waals surface area (Å²) >= 11 is 0. The molecule has 0 spiro atoms. The summed E-state index contributed by atoms with van der Waals surface area (Å²) in [6, 6.07) is 10.1. The number of aromatic hydroxyl groups is 1. The maximum absolute atomic E-state index is 12.1. The smallest absolute Gasteiger partial charge is 0.294 e. The lowest BCUT2D eigenvalue weighted by Gasteiger charge is -2.01. The predicted molar refractivity (Wildman–Crippen MR) is 77.0 cm³/mol. The fourth-order valence-electron chi connectivity index (χ4n) is 2.28. The van der Waals surface area contributed by atoms with E-state index < -0.39 is 0 Å². The van der Waals surface area contributed by atoms with Crippen molar-refractivity contribution in [2.24, 2.45) is 0 Å². The molecule has 3 aromatic heterocycles. The van der Waals surface area contributed by atoms with E-state index in [1.165, 1.54) is 6.07 Å². The third-order valence-electron chi connectivity index (χ3n) is 3.22. The van der Waals surface area contributed by atoms with Gasteiger partial charge < -0.3 is 14.5 Å². The Morgan fingerprint density at radius 2 is 2.10 bits per heavy atom. The Bertz CT molecular complexity index is 1030. The minimum atomic E-state index is -0.378. The molecule has 4 rings (SSSR count). The Morgan fingerprint density at radius 1 is 1.19 bits per heavy atom. The predicted octanol–water partition coefficient (Wildman–Crippen LogP) is 2.44. The Kier molecular flexibility index (Phi) is 2.32. The first-order valence-electron chi connectivity index (χ1n) is 6.29. The van der Waals surface area contributed by atoms with Gasteiger partial charge in [-0.25, -0.2) is 9.97 Å². The summed E-state index contributed by atoms with van der Waals surface area (Å²) in [5.41, 5.74) is 1.22. The highest BCUT2D eigenvalue weighted by Gasteiger charge is 2.14. The fourth-order valence-corrected chi connectivity index (χ4v) is 2.28. The highest BCUT2D eigenvalue weighted by atomic mass is 16.3. The molecule has 1 aromatic carbocycles. The number of fused-ring (bicyclic) bond motifs is 3. The van der Waals surface area contributed by atoms with Crippen LogP contribution in [0.3, 0.4) is 0 Å². The van der Waals surface area contributed by atoms with E-state index in [9.17, 15) is 9.90 Å². The number of hydrogen-bond donors (Lipinski definition) is 2. The molecule has 102 valence electrons. The van der Waals surface area contributed by atoms with Crippen LogP contribution in [0.25, 0.3) is 33.6 Å². The molecule has 0 amide bonds. The van der Waals surface area contributed by atoms with Gasteiger partial charge in [0.15, 0.2) is 0 Å². The largest absolute Gasteiger partial charge is 0.508 e. The summed E-state index contributed by atoms with van der Waals surface area (Å²) in [6.45, 7) is 0. The lowest BCUT2D eigenvalue weighted by Crippen LogP contribution is -2.08. The van der Waals surface area contributed by atoms with Crippen molar-refractivity contribution in [2.75, 3.05) is 0 Å². The molecule has 0 unspecified atom stereocenters. The Morgan fingerprint density at radius 3 is 2.95 bits per heavy atom. The van der Waals surface area contributed by atoms with Crippen LogP contribution in [0.15, 0.2) is 51.8 Å². The number of rotatable bonds is 1. The average molecular weight is 279 g/mol. The first-order valence-corrected chi connectivity index (χ1v) is 6.29. The second-order valence-corrected chi connectivity index (χ2v) is 4.60. The second kappa shape index (κ2) is 4.17. The molecule has 6 heteroatoms. The van der Waals surface area contributed by atoms with E-state index in [0.717, 1.165) is 0 Å². The van der Waals surface area contributed by atoms with Gasteiger partial charge in [-0.3, -0.25) is 4.79 Å². The zero-order valence-corrected chi connectivity index (χ0v) is 10.7. The molecule has 6 nitrogen and oxygen atoms in total. The van der Waals surface area contributed by atoms with Gasteiger partial charge in [-0.2, -0.15) is 0 Å². The van der Waals surface area contributed by atoms with E-state index >= 15 is 0 Å². The zero-order valence-electron chi connectivity index (χ0n) is 10.7. The molecule has 0 aliphatic heterocycles. The van der Waals surface area contributed by atoms with Crippen molar-refractivity contribution in [3.63, 3.8) is 0 Å². The van der Waals surface area contributed by atoms with Gasteiger partial charge in [0, 0.05) is 11.8 Å². The molecule has 0 aliphatic rings. The molecule has 0 bridgehead atoms. The third kappa shape index (κ3) is 1.77. The molecule has 21 heavy (non-hydrogen) atoms. The van der Waals surface area contributed by atoms with Gasteiger partial charge in [0.1, 0.15) is 17.1 Å². The minimum absolute atomic E-state index is 0.106. The van der Waals surface area contributed by atoms with Crippen LogP contribution in [0.1, 0.15) is 0 Å². The Hall–Kier alpha value is -3.15. The number of benzene rings is 1. The second-order valence-electron chi connectivity index (χ2n) is 4.60. The van der Waals surface area contributed by atoms with Crippen molar-refractivity contribution in [3.05, 3.63) is 52.9 Å². The molecule has 0 radical (unpaired) electrons. The normalized spacial score (nSPS) is 11.2. The van der Waals surface area contributed by atoms with Crippen LogP contribution in [-0.4, -0.2) is 20.1 Å². The molecule has 0 aliphatic carbocycles. The van der Waals surface area contributed by atoms with Gasteiger partial charge in [0.25, 0.3) is 5.56 Å². The highest BCUT2D eigenvalue weighted by molar-refractivity contribution is 6.00. The number of nitrogens with one attached hydrogen (secondary N) is 1. The molecule has 0 atom stereocenters. The number of hydrogen-bond acceptors (Lipinski definition) is 5. The van der Waals surface area contributed by atoms with Gasteiger partial charge in [-0.05, 0) is 24.3 Å². The summed E-state index contributed by atoms with van der Waals surface area (Å²) in [5, 5.41) is 10.2. The lowest BCUT2D eigenvalue weighted by molar-refractivity contribution is 0.475. The van der Waals surface area contributed by atoms with Gasteiger partial charge in [0.2, 0.25) is 11.3 Å². The summed E-state index contributed by atoms with van der Waals surface area (Å²) in [7, 11) is 0. The topological polar surface area (TPSA) is 92.0 Å². The van der Waals surface area contributed by atoms with Crippen molar-refractivity contribution in [2.45, 2.75) is 0 Å². The first kappa shape index (κ1) is 11.7. The standard InChI is InChI=1S/C15H9N3O3/c19-9-4-1-3-8(7-9)13-17-11-10-5-2-6-16-15(10)21-12(11)14(20)18-13/h1-7,19H,(H,17,18,20). The number of phenols is 1. The van der Waals surface area contributed by atoms with Crippen LogP contribution >= 0.6 is 0 Å². The number of furan rings is 1. The summed E-state index contributed by atoms with van der Waals surface area (Å²) in [5.74, 6) is 0.476. The number of pyridine rings is 1. The lowest BCUT2D eigenvalue weighted by atomic mass is 10.2. The van der Waals surface area contributed by atoms with E-state index in [4.69, 9.17) is 4.42 Å². The average Bonchev–Trinajstić information content (AvgIpc) is 2.87. The molecular formula is C15H9N3O3. The number of phenolic OH excluding ortho intramolecular Hbond substituents is 1. The van der Waals surface area contributed by atoms with Gasteiger partial charge >= 0.3 is 0 Å². The van der Waals surface area contributed by atoms with E-state index in [-0.39, 0.29) is 16.9 Å². The number of H-pyrrole nitrogens is 1. The fraction of sp³-hybridized carbons (Fsp3) is 0. The van der Waals surface area contributed by atoms with Crippen LogP contribution < -0.4 is 5.56 Å². The molecule has 2 N–H and O–H groups in total. The summed E-state index contributed by atoms with van der Waals surface area (Å²) in [4.78, 5) is 23.3. The summed E-state index contributed by atoms with van der Waals surface area (Å²) in [6.07, 6.45) is 1.59. The Labute approximate surface area is 117 Å². The van der Waals surface area contributed by atoms with Crippen molar-refractivity contribution >= 4 is 22.2 Å². The Balaban J connectivity index is 2.08. The number of nitrogens with zero attached hydrogens (tertiary/aromatic N) is 2. The van der Waals surface area contributed by atoms with Crippen LogP contribution in [0, 0.1) is 0 Å². The minimum Gasteiger partial charge on any atom is -0.508 e. The van der Waals surface area contributed by atoms with Crippen molar-refractivity contribution < 1.29 is 9.52 Å². The maximum atomic E-state index is 12.1. The van der Waals surface area contributed by atoms with Crippen LogP contribution in [0.2, 0.25) is 0 Å². The van der Waals surface area contributed by atoms with E-state index in [1.54, 1.807) is 36.5 Å². The van der Waals surface area contributed by atoms with Crippen molar-refractivity contribution in [1.29, 1.82) is 0 Å². The van der Waals surface area contributed by atoms with Crippen molar-refractivity contribution in [1.82, 2.24) is 15.0 Å². The number of aromatic nitrogens is 3. The van der Waals surface area contributed by atoms with Crippen LogP contribution in [0.4, 0.5) is 0 Å². The monoisotopic (exact) mass is 279 g/mol. The van der Waals surface area contributed by atoms with E-state index in [2.05, 4.69) is 15.0 Å². The molecule has 0 saturated carbocycles. The molecule has 3 heterocycles. The molecular weight excluding hydrogens is 270 g/mol. The van der Waals surface area contributed by atoms with Crippen LogP contribution in [-0.2, 0) is 0 Å². The first-order chi connectivity index (χ1) is 10.2. The maximum Gasteiger partial charge on any atom is 0.294 e.